The first-order chi connectivity index (χ1) is 3.72. The van der Waals surface area contributed by atoms with Crippen molar-refractivity contribution in [2.75, 3.05) is 0 Å². The molecule has 0 aliphatic heterocycles. The number of rotatable bonds is 2. The van der Waals surface area contributed by atoms with Crippen molar-refractivity contribution in [1.29, 1.82) is 0 Å². The van der Waals surface area contributed by atoms with Gasteiger partial charge in [-0.25, -0.2) is 0 Å². The second kappa shape index (κ2) is 4.59. The molecule has 0 saturated carbocycles. The minimum absolute atomic E-state index is 0.459. The standard InChI is InChI=1S/C3H8N2SSe2/c1-7-5(8-2)3(4)6/h1-2H3,(H2,4,6). The molecule has 0 aromatic rings. The summed E-state index contributed by atoms with van der Waals surface area (Å²) in [5.74, 6) is 4.22. The van der Waals surface area contributed by atoms with Crippen LogP contribution in [-0.4, -0.2) is 38.4 Å². The van der Waals surface area contributed by atoms with Gasteiger partial charge in [0.15, 0.2) is 0 Å². The average Bonchev–Trinajstić information content (AvgIpc) is 1.69. The second-order valence-electron chi connectivity index (χ2n) is 0.960. The van der Waals surface area contributed by atoms with Crippen LogP contribution in [-0.2, 0) is 0 Å². The van der Waals surface area contributed by atoms with E-state index in [2.05, 4.69) is 14.6 Å². The molecule has 0 atom stereocenters. The summed E-state index contributed by atoms with van der Waals surface area (Å²) in [5.41, 5.74) is 5.35. The van der Waals surface area contributed by atoms with E-state index in [0.29, 0.717) is 35.5 Å². The quantitative estimate of drug-likeness (QED) is 0.555. The summed E-state index contributed by atoms with van der Waals surface area (Å²) in [7, 11) is 0. The van der Waals surface area contributed by atoms with Gasteiger partial charge in [-0.1, -0.05) is 0 Å². The number of nitrogens with two attached hydrogens (primary N) is 1. The molecule has 2 nitrogen and oxygen atoms in total. The van der Waals surface area contributed by atoms with E-state index in [1.807, 2.05) is 0 Å². The molecular formula is C3H8N2SSe2. The summed E-state index contributed by atoms with van der Waals surface area (Å²) in [6.45, 7) is 0. The van der Waals surface area contributed by atoms with Crippen LogP contribution in [0.15, 0.2) is 0 Å². The van der Waals surface area contributed by atoms with Crippen LogP contribution < -0.4 is 5.73 Å². The molecule has 0 fully saturated rings. The monoisotopic (exact) mass is 264 g/mol. The number of thiocarbonyl (C=S) groups is 1. The molecule has 0 aromatic heterocycles. The zero-order valence-corrected chi connectivity index (χ0v) is 8.99. The van der Waals surface area contributed by atoms with Crippen LogP contribution in [0.1, 0.15) is 0 Å². The SMILES string of the molecule is C[Se]N([Se]C)C(N)=S. The molecule has 0 amide bonds. The van der Waals surface area contributed by atoms with Crippen molar-refractivity contribution >= 4 is 47.7 Å². The fraction of sp³-hybridized carbons (Fsp3) is 0.667. The fourth-order valence-electron chi connectivity index (χ4n) is 0.254. The molecule has 0 aliphatic carbocycles. The predicted molar refractivity (Wildman–Crippen MR) is 41.9 cm³/mol. The molecule has 8 heavy (non-hydrogen) atoms. The van der Waals surface area contributed by atoms with E-state index >= 15 is 0 Å². The van der Waals surface area contributed by atoms with Gasteiger partial charge in [0.05, 0.1) is 0 Å². The minimum atomic E-state index is 0.459. The van der Waals surface area contributed by atoms with Crippen LogP contribution in [0.4, 0.5) is 0 Å². The Labute approximate surface area is 67.9 Å². The zero-order valence-electron chi connectivity index (χ0n) is 4.75. The molecule has 0 bridgehead atoms. The van der Waals surface area contributed by atoms with E-state index < -0.39 is 0 Å². The Kier molecular flexibility index (Phi) is 5.01. The van der Waals surface area contributed by atoms with Crippen LogP contribution >= 0.6 is 12.2 Å². The Bertz CT molecular complexity index is 83.4. The summed E-state index contributed by atoms with van der Waals surface area (Å²) in [4.78, 5) is 0. The summed E-state index contributed by atoms with van der Waals surface area (Å²) >= 11 is 5.67. The summed E-state index contributed by atoms with van der Waals surface area (Å²) in [6.07, 6.45) is 0. The van der Waals surface area contributed by atoms with E-state index in [9.17, 15) is 0 Å². The Balaban J connectivity index is 3.52. The first-order valence-corrected chi connectivity index (χ1v) is 7.26. The molecular weight excluding hydrogens is 254 g/mol. The molecule has 2 N–H and O–H groups in total. The van der Waals surface area contributed by atoms with Gasteiger partial charge in [-0.2, -0.15) is 0 Å². The van der Waals surface area contributed by atoms with Crippen LogP contribution in [0.25, 0.3) is 0 Å². The van der Waals surface area contributed by atoms with Gasteiger partial charge in [0, 0.05) is 0 Å². The predicted octanol–water partition coefficient (Wildman–Crippen LogP) is -0.133. The van der Waals surface area contributed by atoms with Gasteiger partial charge < -0.3 is 0 Å². The summed E-state index contributed by atoms with van der Waals surface area (Å²) < 4.78 is 2.05. The van der Waals surface area contributed by atoms with Crippen molar-refractivity contribution in [3.63, 3.8) is 0 Å². The summed E-state index contributed by atoms with van der Waals surface area (Å²) in [6, 6.07) is 0. The normalized spacial score (nSPS) is 8.75. The Morgan fingerprint density at radius 2 is 1.88 bits per heavy atom. The van der Waals surface area contributed by atoms with Crippen molar-refractivity contribution in [3.8, 4) is 0 Å². The molecule has 0 saturated heterocycles. The third-order valence-electron chi connectivity index (χ3n) is 0.512. The van der Waals surface area contributed by atoms with Crippen molar-refractivity contribution in [3.05, 3.63) is 0 Å². The van der Waals surface area contributed by atoms with Gasteiger partial charge in [0.25, 0.3) is 0 Å². The van der Waals surface area contributed by atoms with Crippen LogP contribution in [0.3, 0.4) is 0 Å². The topological polar surface area (TPSA) is 29.3 Å². The molecule has 0 unspecified atom stereocenters. The van der Waals surface area contributed by atoms with Gasteiger partial charge in [0.1, 0.15) is 0 Å². The van der Waals surface area contributed by atoms with Crippen LogP contribution in [0.2, 0.25) is 11.6 Å². The van der Waals surface area contributed by atoms with Crippen molar-refractivity contribution in [1.82, 2.24) is 2.93 Å². The van der Waals surface area contributed by atoms with Crippen molar-refractivity contribution in [2.45, 2.75) is 11.6 Å². The Hall–Kier alpha value is 0.729. The third kappa shape index (κ3) is 2.90. The van der Waals surface area contributed by atoms with Crippen molar-refractivity contribution in [2.24, 2.45) is 5.73 Å². The second-order valence-corrected chi connectivity index (χ2v) is 5.62. The fourth-order valence-corrected chi connectivity index (χ4v) is 3.72. The van der Waals surface area contributed by atoms with Gasteiger partial charge in [-0.15, -0.1) is 0 Å². The Morgan fingerprint density at radius 1 is 1.50 bits per heavy atom. The van der Waals surface area contributed by atoms with Gasteiger partial charge >= 0.3 is 68.0 Å². The van der Waals surface area contributed by atoms with Gasteiger partial charge in [-0.05, 0) is 0 Å². The Morgan fingerprint density at radius 3 is 1.88 bits per heavy atom. The van der Waals surface area contributed by atoms with E-state index in [1.165, 1.54) is 0 Å². The van der Waals surface area contributed by atoms with Crippen molar-refractivity contribution < 1.29 is 0 Å². The molecule has 0 radical (unpaired) electrons. The molecule has 0 spiro atoms. The van der Waals surface area contributed by atoms with Gasteiger partial charge in [0.2, 0.25) is 0 Å². The van der Waals surface area contributed by atoms with E-state index in [0.717, 1.165) is 0 Å². The number of nitrogens with zero attached hydrogens (tertiary/aromatic N) is 1. The van der Waals surface area contributed by atoms with E-state index in [-0.39, 0.29) is 0 Å². The molecule has 0 aliphatic rings. The average molecular weight is 262 g/mol. The maximum absolute atomic E-state index is 5.35. The molecule has 0 rings (SSSR count). The molecule has 0 aromatic carbocycles. The van der Waals surface area contributed by atoms with E-state index in [1.54, 1.807) is 0 Å². The van der Waals surface area contributed by atoms with E-state index in [4.69, 9.17) is 18.0 Å². The first-order valence-electron chi connectivity index (χ1n) is 1.90. The van der Waals surface area contributed by atoms with Crippen LogP contribution in [0, 0.1) is 0 Å². The third-order valence-corrected chi connectivity index (χ3v) is 6.68. The number of hydrogen-bond donors (Lipinski definition) is 1. The van der Waals surface area contributed by atoms with Gasteiger partial charge in [-0.3, -0.25) is 0 Å². The maximum atomic E-state index is 5.35. The molecule has 5 heteroatoms. The number of hydrogen-bond acceptors (Lipinski definition) is 1. The zero-order chi connectivity index (χ0) is 6.57. The summed E-state index contributed by atoms with van der Waals surface area (Å²) in [5, 5.41) is 0.551. The molecule has 0 heterocycles. The van der Waals surface area contributed by atoms with Crippen LogP contribution in [0.5, 0.6) is 0 Å². The first kappa shape index (κ1) is 8.73. The molecule has 48 valence electrons.